The summed E-state index contributed by atoms with van der Waals surface area (Å²) in [5, 5.41) is 20.9. The van der Waals surface area contributed by atoms with Gasteiger partial charge in [0.05, 0.1) is 6.61 Å². The molecule has 0 aliphatic carbocycles. The third-order valence-corrected chi connectivity index (χ3v) is 4.40. The van der Waals surface area contributed by atoms with Crippen molar-refractivity contribution in [3.63, 3.8) is 0 Å². The lowest BCUT2D eigenvalue weighted by Gasteiger charge is -2.08. The van der Waals surface area contributed by atoms with Crippen LogP contribution in [0.2, 0.25) is 0 Å². The molecule has 6 nitrogen and oxygen atoms in total. The van der Waals surface area contributed by atoms with Gasteiger partial charge in [0.25, 0.3) is 5.91 Å². The second-order valence-corrected chi connectivity index (χ2v) is 6.57. The van der Waals surface area contributed by atoms with Gasteiger partial charge in [0, 0.05) is 10.0 Å². The van der Waals surface area contributed by atoms with E-state index < -0.39 is 5.91 Å². The van der Waals surface area contributed by atoms with Gasteiger partial charge in [-0.2, -0.15) is 5.26 Å². The number of aromatic nitrogens is 2. The summed E-state index contributed by atoms with van der Waals surface area (Å²) in [4.78, 5) is 12.3. The molecule has 0 bridgehead atoms. The number of carbonyl (C=O) groups is 1. The fraction of sp³-hybridized carbons (Fsp3) is 0.250. The molecular formula is C16H15BrN4O2S. The van der Waals surface area contributed by atoms with Crippen molar-refractivity contribution in [2.45, 2.75) is 20.3 Å². The molecule has 0 aliphatic heterocycles. The van der Waals surface area contributed by atoms with Crippen LogP contribution in [0.5, 0.6) is 5.75 Å². The van der Waals surface area contributed by atoms with E-state index in [0.717, 1.165) is 15.9 Å². The molecule has 0 unspecified atom stereocenters. The Labute approximate surface area is 152 Å². The van der Waals surface area contributed by atoms with Gasteiger partial charge in [0.2, 0.25) is 5.13 Å². The molecule has 2 rings (SSSR count). The maximum Gasteiger partial charge on any atom is 0.268 e. The minimum absolute atomic E-state index is 0.0395. The highest BCUT2D eigenvalue weighted by atomic mass is 79.9. The van der Waals surface area contributed by atoms with Gasteiger partial charge in [-0.3, -0.25) is 10.1 Å². The van der Waals surface area contributed by atoms with Crippen molar-refractivity contribution in [2.24, 2.45) is 0 Å². The van der Waals surface area contributed by atoms with E-state index in [1.807, 2.05) is 26.0 Å². The van der Waals surface area contributed by atoms with Crippen molar-refractivity contribution < 1.29 is 9.53 Å². The zero-order valence-electron chi connectivity index (χ0n) is 13.2. The number of amides is 1. The lowest BCUT2D eigenvalue weighted by Crippen LogP contribution is -2.13. The van der Waals surface area contributed by atoms with E-state index >= 15 is 0 Å². The van der Waals surface area contributed by atoms with Crippen LogP contribution >= 0.6 is 27.3 Å². The number of halogens is 1. The SMILES string of the molecule is CCOc1ccc(Br)cc1C=C(C#N)C(=O)Nc1nnc(CC)s1. The first kappa shape index (κ1) is 18.1. The smallest absolute Gasteiger partial charge is 0.268 e. The number of ether oxygens (including phenoxy) is 1. The van der Waals surface area contributed by atoms with E-state index in [9.17, 15) is 10.1 Å². The molecule has 0 atom stereocenters. The van der Waals surface area contributed by atoms with Gasteiger partial charge in [-0.05, 0) is 37.6 Å². The fourth-order valence-corrected chi connectivity index (χ4v) is 2.89. The number of carbonyl (C=O) groups excluding carboxylic acids is 1. The zero-order valence-corrected chi connectivity index (χ0v) is 15.6. The van der Waals surface area contributed by atoms with Crippen LogP contribution in [0.3, 0.4) is 0 Å². The van der Waals surface area contributed by atoms with E-state index in [2.05, 4.69) is 31.4 Å². The molecule has 0 saturated carbocycles. The summed E-state index contributed by atoms with van der Waals surface area (Å²) >= 11 is 4.66. The number of hydrogen-bond acceptors (Lipinski definition) is 6. The molecule has 24 heavy (non-hydrogen) atoms. The van der Waals surface area contributed by atoms with Gasteiger partial charge in [-0.25, -0.2) is 0 Å². The average Bonchev–Trinajstić information content (AvgIpc) is 3.02. The first-order valence-corrected chi connectivity index (χ1v) is 8.86. The van der Waals surface area contributed by atoms with Gasteiger partial charge in [-0.1, -0.05) is 34.2 Å². The van der Waals surface area contributed by atoms with Gasteiger partial charge < -0.3 is 4.74 Å². The van der Waals surface area contributed by atoms with Crippen molar-refractivity contribution in [1.82, 2.24) is 10.2 Å². The van der Waals surface area contributed by atoms with Crippen molar-refractivity contribution >= 4 is 44.4 Å². The zero-order chi connectivity index (χ0) is 17.5. The van der Waals surface area contributed by atoms with Crippen LogP contribution in [-0.2, 0) is 11.2 Å². The molecule has 2 aromatic rings. The van der Waals surface area contributed by atoms with Gasteiger partial charge in [-0.15, -0.1) is 10.2 Å². The van der Waals surface area contributed by atoms with Gasteiger partial charge in [0.15, 0.2) is 0 Å². The maximum atomic E-state index is 12.3. The largest absolute Gasteiger partial charge is 0.493 e. The Hall–Kier alpha value is -2.24. The topological polar surface area (TPSA) is 87.9 Å². The van der Waals surface area contributed by atoms with Gasteiger partial charge in [0.1, 0.15) is 22.4 Å². The molecular weight excluding hydrogens is 392 g/mol. The molecule has 1 heterocycles. The predicted molar refractivity (Wildman–Crippen MR) is 96.8 cm³/mol. The number of rotatable bonds is 6. The van der Waals surface area contributed by atoms with Crippen molar-refractivity contribution in [2.75, 3.05) is 11.9 Å². The Morgan fingerprint density at radius 3 is 2.88 bits per heavy atom. The van der Waals surface area contributed by atoms with Crippen LogP contribution in [-0.4, -0.2) is 22.7 Å². The summed E-state index contributed by atoms with van der Waals surface area (Å²) in [6, 6.07) is 7.32. The number of nitrogens with one attached hydrogen (secondary N) is 1. The second-order valence-electron chi connectivity index (χ2n) is 4.59. The number of anilines is 1. The van der Waals surface area contributed by atoms with Crippen molar-refractivity contribution in [3.8, 4) is 11.8 Å². The third kappa shape index (κ3) is 4.63. The Kier molecular flexibility index (Phi) is 6.46. The Morgan fingerprint density at radius 1 is 1.46 bits per heavy atom. The van der Waals surface area contributed by atoms with Crippen LogP contribution in [0.1, 0.15) is 24.4 Å². The molecule has 1 aromatic carbocycles. The highest BCUT2D eigenvalue weighted by Gasteiger charge is 2.14. The third-order valence-electron chi connectivity index (χ3n) is 2.93. The molecule has 0 aliphatic rings. The van der Waals surface area contributed by atoms with Crippen molar-refractivity contribution in [3.05, 3.63) is 38.8 Å². The number of aryl methyl sites for hydroxylation is 1. The highest BCUT2D eigenvalue weighted by Crippen LogP contribution is 2.26. The Balaban J connectivity index is 2.27. The predicted octanol–water partition coefficient (Wildman–Crippen LogP) is 3.81. The number of hydrogen-bond donors (Lipinski definition) is 1. The first-order chi connectivity index (χ1) is 11.6. The molecule has 1 N–H and O–H groups in total. The minimum Gasteiger partial charge on any atom is -0.493 e. The van der Waals surface area contributed by atoms with E-state index in [4.69, 9.17) is 4.74 Å². The Morgan fingerprint density at radius 2 is 2.25 bits per heavy atom. The van der Waals surface area contributed by atoms with E-state index in [1.165, 1.54) is 17.4 Å². The summed E-state index contributed by atoms with van der Waals surface area (Å²) in [5.41, 5.74) is 0.603. The van der Waals surface area contributed by atoms with Crippen molar-refractivity contribution in [1.29, 1.82) is 5.26 Å². The molecule has 8 heteroatoms. The molecule has 1 amide bonds. The first-order valence-electron chi connectivity index (χ1n) is 7.25. The number of benzene rings is 1. The summed E-state index contributed by atoms with van der Waals surface area (Å²) < 4.78 is 6.35. The molecule has 0 radical (unpaired) electrons. The fourth-order valence-electron chi connectivity index (χ4n) is 1.83. The molecule has 1 aromatic heterocycles. The standard InChI is InChI=1S/C16H15BrN4O2S/c1-3-14-20-21-16(24-14)19-15(22)11(9-18)7-10-8-12(17)5-6-13(10)23-4-2/h5-8H,3-4H2,1-2H3,(H,19,21,22). The normalized spacial score (nSPS) is 11.0. The molecule has 0 fully saturated rings. The summed E-state index contributed by atoms with van der Waals surface area (Å²) in [6.45, 7) is 4.31. The molecule has 124 valence electrons. The number of nitriles is 1. The second kappa shape index (κ2) is 8.57. The lowest BCUT2D eigenvalue weighted by molar-refractivity contribution is -0.112. The van der Waals surface area contributed by atoms with E-state index in [-0.39, 0.29) is 5.57 Å². The van der Waals surface area contributed by atoms with Crippen LogP contribution in [0.15, 0.2) is 28.2 Å². The van der Waals surface area contributed by atoms with E-state index in [0.29, 0.717) is 23.1 Å². The van der Waals surface area contributed by atoms with Crippen LogP contribution in [0, 0.1) is 11.3 Å². The quantitative estimate of drug-likeness (QED) is 0.581. The van der Waals surface area contributed by atoms with Gasteiger partial charge >= 0.3 is 0 Å². The lowest BCUT2D eigenvalue weighted by atomic mass is 10.1. The van der Waals surface area contributed by atoms with Crippen LogP contribution in [0.25, 0.3) is 6.08 Å². The maximum absolute atomic E-state index is 12.3. The average molecular weight is 407 g/mol. The molecule has 0 saturated heterocycles. The summed E-state index contributed by atoms with van der Waals surface area (Å²) in [5.74, 6) is 0.0733. The molecule has 0 spiro atoms. The van der Waals surface area contributed by atoms with E-state index in [1.54, 1.807) is 12.1 Å². The van der Waals surface area contributed by atoms with Crippen LogP contribution in [0.4, 0.5) is 5.13 Å². The monoisotopic (exact) mass is 406 g/mol. The summed E-state index contributed by atoms with van der Waals surface area (Å²) in [7, 11) is 0. The highest BCUT2D eigenvalue weighted by molar-refractivity contribution is 9.10. The summed E-state index contributed by atoms with van der Waals surface area (Å²) in [6.07, 6.45) is 2.23. The Bertz CT molecular complexity index is 811. The van der Waals surface area contributed by atoms with Crippen LogP contribution < -0.4 is 10.1 Å². The minimum atomic E-state index is -0.529. The number of nitrogens with zero attached hydrogens (tertiary/aromatic N) is 3.